The van der Waals surface area contributed by atoms with Gasteiger partial charge in [0.1, 0.15) is 0 Å². The Hall–Kier alpha value is 0.124. The van der Waals surface area contributed by atoms with Gasteiger partial charge in [0, 0.05) is 32.7 Å². The molecule has 0 amide bonds. The summed E-state index contributed by atoms with van der Waals surface area (Å²) in [6.45, 7) is 4.00. The molecule has 53 valence electrons. The molecule has 0 aliphatic heterocycles. The van der Waals surface area contributed by atoms with E-state index in [1.54, 1.807) is 24.3 Å². The normalized spacial score (nSPS) is 6.60. The van der Waals surface area contributed by atoms with E-state index in [4.69, 9.17) is 5.73 Å². The summed E-state index contributed by atoms with van der Waals surface area (Å²) in [6.07, 6.45) is 0. The van der Waals surface area contributed by atoms with Crippen molar-refractivity contribution in [1.82, 2.24) is 0 Å². The molecule has 0 heterocycles. The van der Waals surface area contributed by atoms with E-state index in [2.05, 4.69) is 6.07 Å². The quantitative estimate of drug-likeness (QED) is 0.516. The largest absolute Gasteiger partial charge is 0.419 e. The fraction of sp³-hybridized carbons (Fsp3) is 0.250. The Kier molecular flexibility index (Phi) is 11.7. The van der Waals surface area contributed by atoms with E-state index in [-0.39, 0.29) is 32.7 Å². The molecule has 0 bridgehead atoms. The van der Waals surface area contributed by atoms with E-state index >= 15 is 0 Å². The predicted molar refractivity (Wildman–Crippen MR) is 41.0 cm³/mol. The number of benzene rings is 1. The summed E-state index contributed by atoms with van der Waals surface area (Å²) in [7, 11) is 0. The van der Waals surface area contributed by atoms with Crippen molar-refractivity contribution in [3.63, 3.8) is 0 Å². The van der Waals surface area contributed by atoms with Crippen LogP contribution in [-0.2, 0) is 32.7 Å². The molecular formula is C8H12NY-. The van der Waals surface area contributed by atoms with E-state index in [0.29, 0.717) is 0 Å². The maximum Gasteiger partial charge on any atom is 0 e. The van der Waals surface area contributed by atoms with Crippen molar-refractivity contribution in [2.75, 3.05) is 5.73 Å². The van der Waals surface area contributed by atoms with E-state index in [1.165, 1.54) is 0 Å². The van der Waals surface area contributed by atoms with Gasteiger partial charge in [-0.3, -0.25) is 0 Å². The van der Waals surface area contributed by atoms with Crippen molar-refractivity contribution in [2.45, 2.75) is 13.8 Å². The average Bonchev–Trinajstić information content (AvgIpc) is 1.94. The number of rotatable bonds is 0. The van der Waals surface area contributed by atoms with Gasteiger partial charge in [-0.05, 0) is 0 Å². The zero-order valence-corrected chi connectivity index (χ0v) is 9.30. The molecule has 2 N–H and O–H groups in total. The zero-order chi connectivity index (χ0) is 7.11. The van der Waals surface area contributed by atoms with Gasteiger partial charge in [0.15, 0.2) is 0 Å². The molecule has 10 heavy (non-hydrogen) atoms. The molecule has 0 saturated carbocycles. The van der Waals surface area contributed by atoms with Crippen LogP contribution < -0.4 is 5.73 Å². The number of anilines is 1. The monoisotopic (exact) mass is 211 g/mol. The average molecular weight is 211 g/mol. The second-order valence-corrected chi connectivity index (χ2v) is 1.33. The fourth-order valence-corrected chi connectivity index (χ4v) is 0.400. The zero-order valence-electron chi connectivity index (χ0n) is 6.46. The molecule has 1 nitrogen and oxygen atoms in total. The first kappa shape index (κ1) is 12.8. The third kappa shape index (κ3) is 6.25. The molecule has 0 saturated heterocycles. The van der Waals surface area contributed by atoms with Gasteiger partial charge in [-0.25, -0.2) is 0 Å². The van der Waals surface area contributed by atoms with E-state index in [1.807, 2.05) is 13.8 Å². The smallest absolute Gasteiger partial charge is 0 e. The minimum Gasteiger partial charge on any atom is -0.419 e. The van der Waals surface area contributed by atoms with Gasteiger partial charge < -0.3 is 5.73 Å². The summed E-state index contributed by atoms with van der Waals surface area (Å²) in [5.41, 5.74) is 6.13. The summed E-state index contributed by atoms with van der Waals surface area (Å²) in [5.74, 6) is 0. The first-order chi connectivity index (χ1) is 4.39. The van der Waals surface area contributed by atoms with Crippen molar-refractivity contribution in [2.24, 2.45) is 0 Å². The summed E-state index contributed by atoms with van der Waals surface area (Å²) in [4.78, 5) is 0. The molecule has 1 aromatic carbocycles. The summed E-state index contributed by atoms with van der Waals surface area (Å²) in [6, 6.07) is 10.0. The van der Waals surface area contributed by atoms with E-state index in [9.17, 15) is 0 Å². The summed E-state index contributed by atoms with van der Waals surface area (Å²) in [5, 5.41) is 0. The topological polar surface area (TPSA) is 26.0 Å². The van der Waals surface area contributed by atoms with Crippen LogP contribution in [0.2, 0.25) is 0 Å². The van der Waals surface area contributed by atoms with Crippen molar-refractivity contribution in [1.29, 1.82) is 0 Å². The van der Waals surface area contributed by atoms with Crippen LogP contribution in [0.3, 0.4) is 0 Å². The van der Waals surface area contributed by atoms with Crippen LogP contribution in [0.5, 0.6) is 0 Å². The first-order valence-corrected chi connectivity index (χ1v) is 3.11. The Labute approximate surface area is 87.9 Å². The molecule has 0 atom stereocenters. The maximum absolute atomic E-state index is 5.34. The maximum atomic E-state index is 5.34. The minimum absolute atomic E-state index is 0. The van der Waals surface area contributed by atoms with Crippen LogP contribution in [0.15, 0.2) is 24.3 Å². The number of hydrogen-bond acceptors (Lipinski definition) is 1. The van der Waals surface area contributed by atoms with Crippen LogP contribution in [0.1, 0.15) is 13.8 Å². The predicted octanol–water partition coefficient (Wildman–Crippen LogP) is 2.09. The standard InChI is InChI=1S/C6H6N.C2H6.Y/c7-6-4-2-1-3-5-6;1-2;/h2-5H,7H2;1-2H3;/q-1;;. The van der Waals surface area contributed by atoms with Gasteiger partial charge in [-0.2, -0.15) is 18.2 Å². The molecule has 1 rings (SSSR count). The van der Waals surface area contributed by atoms with Gasteiger partial charge >= 0.3 is 0 Å². The summed E-state index contributed by atoms with van der Waals surface area (Å²) >= 11 is 0. The van der Waals surface area contributed by atoms with Crippen molar-refractivity contribution >= 4 is 5.69 Å². The molecule has 0 aliphatic rings. The molecule has 0 aliphatic carbocycles. The SMILES string of the molecule is CC.Nc1cc[c-]cc1.[Y]. The third-order valence-corrected chi connectivity index (χ3v) is 0.744. The van der Waals surface area contributed by atoms with Crippen LogP contribution in [0.4, 0.5) is 5.69 Å². The first-order valence-electron chi connectivity index (χ1n) is 3.11. The van der Waals surface area contributed by atoms with Crippen LogP contribution in [0, 0.1) is 6.07 Å². The second kappa shape index (κ2) is 9.12. The fourth-order valence-electron chi connectivity index (χ4n) is 0.400. The molecule has 1 radical (unpaired) electrons. The molecule has 1 aromatic rings. The van der Waals surface area contributed by atoms with Crippen molar-refractivity contribution in [3.05, 3.63) is 30.3 Å². The molecule has 2 heteroatoms. The van der Waals surface area contributed by atoms with Gasteiger partial charge in [-0.15, -0.1) is 12.1 Å². The Balaban J connectivity index is 0. The Morgan fingerprint density at radius 3 is 1.80 bits per heavy atom. The van der Waals surface area contributed by atoms with Crippen molar-refractivity contribution < 1.29 is 32.7 Å². The molecule has 0 spiro atoms. The van der Waals surface area contributed by atoms with Crippen LogP contribution in [0.25, 0.3) is 0 Å². The van der Waals surface area contributed by atoms with Gasteiger partial charge in [-0.1, -0.05) is 19.5 Å². The van der Waals surface area contributed by atoms with E-state index < -0.39 is 0 Å². The number of nitrogens with two attached hydrogens (primary N) is 1. The van der Waals surface area contributed by atoms with E-state index in [0.717, 1.165) is 5.69 Å². The molecule has 0 unspecified atom stereocenters. The Morgan fingerprint density at radius 2 is 1.60 bits per heavy atom. The Morgan fingerprint density at radius 1 is 1.20 bits per heavy atom. The minimum atomic E-state index is 0. The number of nitrogen functional groups attached to an aromatic ring is 1. The van der Waals surface area contributed by atoms with Crippen LogP contribution in [-0.4, -0.2) is 0 Å². The Bertz CT molecular complexity index is 139. The van der Waals surface area contributed by atoms with Gasteiger partial charge in [0.05, 0.1) is 0 Å². The third-order valence-electron chi connectivity index (χ3n) is 0.744. The molecule has 0 fully saturated rings. The number of hydrogen-bond donors (Lipinski definition) is 1. The van der Waals surface area contributed by atoms with Gasteiger partial charge in [0.2, 0.25) is 0 Å². The molecular weight excluding hydrogens is 199 g/mol. The summed E-state index contributed by atoms with van der Waals surface area (Å²) < 4.78 is 0. The second-order valence-electron chi connectivity index (χ2n) is 1.33. The van der Waals surface area contributed by atoms with Gasteiger partial charge in [0.25, 0.3) is 0 Å². The van der Waals surface area contributed by atoms with Crippen molar-refractivity contribution in [3.8, 4) is 0 Å². The molecule has 0 aromatic heterocycles. The van der Waals surface area contributed by atoms with Crippen LogP contribution >= 0.6 is 0 Å².